The van der Waals surface area contributed by atoms with E-state index in [-0.39, 0.29) is 23.5 Å². The number of benzene rings is 1. The largest absolute Gasteiger partial charge is 0.364 e. The Bertz CT molecular complexity index is 1010. The maximum Gasteiger partial charge on any atom is 0.270 e. The first-order chi connectivity index (χ1) is 11.9. The number of carbonyl (C=O) groups is 2. The van der Waals surface area contributed by atoms with Crippen molar-refractivity contribution in [2.24, 2.45) is 5.73 Å². The summed E-state index contributed by atoms with van der Waals surface area (Å²) in [5, 5.41) is 8.35. The molecule has 3 aromatic rings. The van der Waals surface area contributed by atoms with Crippen molar-refractivity contribution in [3.63, 3.8) is 0 Å². The molecule has 0 spiro atoms. The van der Waals surface area contributed by atoms with Crippen LogP contribution in [-0.2, 0) is 0 Å². The molecule has 1 aliphatic rings. The van der Waals surface area contributed by atoms with E-state index in [4.69, 9.17) is 5.73 Å². The number of halogens is 1. The van der Waals surface area contributed by atoms with Crippen LogP contribution in [-0.4, -0.2) is 44.8 Å². The van der Waals surface area contributed by atoms with Gasteiger partial charge in [0.25, 0.3) is 11.8 Å². The lowest BCUT2D eigenvalue weighted by atomic mass is 10.1. The summed E-state index contributed by atoms with van der Waals surface area (Å²) in [5.41, 5.74) is 6.06. The van der Waals surface area contributed by atoms with Gasteiger partial charge in [0, 0.05) is 17.8 Å². The predicted molar refractivity (Wildman–Crippen MR) is 90.0 cm³/mol. The Kier molecular flexibility index (Phi) is 3.53. The van der Waals surface area contributed by atoms with E-state index >= 15 is 0 Å². The number of aryl methyl sites for hydroxylation is 1. The predicted octanol–water partition coefficient (Wildman–Crippen LogP) is 1.74. The third-order valence-electron chi connectivity index (χ3n) is 4.38. The zero-order valence-corrected chi connectivity index (χ0v) is 14.1. The number of nitrogens with zero attached hydrogens (tertiary/aromatic N) is 4. The van der Waals surface area contributed by atoms with Crippen LogP contribution >= 0.6 is 11.3 Å². The van der Waals surface area contributed by atoms with Gasteiger partial charge in [0.2, 0.25) is 0 Å². The second-order valence-electron chi connectivity index (χ2n) is 6.01. The summed E-state index contributed by atoms with van der Waals surface area (Å²) < 4.78 is 15.9. The smallest absolute Gasteiger partial charge is 0.270 e. The molecule has 9 heteroatoms. The van der Waals surface area contributed by atoms with E-state index in [1.165, 1.54) is 29.7 Å². The Labute approximate surface area is 145 Å². The molecular formula is C16H14FN5O2S. The van der Waals surface area contributed by atoms with Crippen LogP contribution in [0.15, 0.2) is 24.4 Å². The molecule has 4 rings (SSSR count). The molecule has 2 aromatic heterocycles. The molecule has 7 nitrogen and oxygen atoms in total. The van der Waals surface area contributed by atoms with E-state index in [1.807, 2.05) is 6.92 Å². The first-order valence-electron chi connectivity index (χ1n) is 7.63. The van der Waals surface area contributed by atoms with Crippen LogP contribution < -0.4 is 5.73 Å². The third-order valence-corrected chi connectivity index (χ3v) is 5.64. The zero-order valence-electron chi connectivity index (χ0n) is 13.3. The molecule has 0 bridgehead atoms. The highest BCUT2D eigenvalue weighted by molar-refractivity contribution is 7.21. The van der Waals surface area contributed by atoms with E-state index in [0.717, 1.165) is 15.6 Å². The van der Waals surface area contributed by atoms with Crippen LogP contribution in [0, 0.1) is 12.7 Å². The number of hydrogen-bond donors (Lipinski definition) is 1. The van der Waals surface area contributed by atoms with Gasteiger partial charge in [-0.25, -0.2) is 9.07 Å². The summed E-state index contributed by atoms with van der Waals surface area (Å²) in [7, 11) is 0. The summed E-state index contributed by atoms with van der Waals surface area (Å²) in [4.78, 5) is 26.1. The zero-order chi connectivity index (χ0) is 17.7. The summed E-state index contributed by atoms with van der Waals surface area (Å²) in [6.07, 6.45) is 1.49. The van der Waals surface area contributed by atoms with Gasteiger partial charge in [-0.15, -0.1) is 16.4 Å². The highest BCUT2D eigenvalue weighted by Crippen LogP contribution is 2.34. The van der Waals surface area contributed by atoms with Crippen molar-refractivity contribution in [3.8, 4) is 0 Å². The summed E-state index contributed by atoms with van der Waals surface area (Å²) in [6, 6.07) is 4.51. The van der Waals surface area contributed by atoms with Crippen molar-refractivity contribution >= 4 is 33.2 Å². The van der Waals surface area contributed by atoms with Crippen molar-refractivity contribution in [1.82, 2.24) is 19.9 Å². The fourth-order valence-corrected chi connectivity index (χ4v) is 4.05. The Morgan fingerprint density at radius 2 is 2.12 bits per heavy atom. The molecule has 0 aliphatic carbocycles. The van der Waals surface area contributed by atoms with Gasteiger partial charge in [0.15, 0.2) is 5.69 Å². The Morgan fingerprint density at radius 1 is 1.36 bits per heavy atom. The van der Waals surface area contributed by atoms with Crippen LogP contribution in [0.1, 0.15) is 31.8 Å². The van der Waals surface area contributed by atoms with Crippen LogP contribution in [0.3, 0.4) is 0 Å². The van der Waals surface area contributed by atoms with Crippen molar-refractivity contribution in [2.75, 3.05) is 13.1 Å². The number of amides is 2. The van der Waals surface area contributed by atoms with E-state index in [0.29, 0.717) is 18.0 Å². The van der Waals surface area contributed by atoms with Gasteiger partial charge in [-0.3, -0.25) is 9.59 Å². The Morgan fingerprint density at radius 3 is 2.80 bits per heavy atom. The number of primary amides is 1. The SMILES string of the molecule is Cc1c(C(=O)N2CC(n3cc(C(N)=O)nn3)C2)sc2ccc(F)cc12. The van der Waals surface area contributed by atoms with Crippen LogP contribution in [0.4, 0.5) is 4.39 Å². The van der Waals surface area contributed by atoms with Gasteiger partial charge in [-0.2, -0.15) is 0 Å². The summed E-state index contributed by atoms with van der Waals surface area (Å²) in [6.45, 7) is 2.78. The van der Waals surface area contributed by atoms with E-state index in [1.54, 1.807) is 15.6 Å². The molecule has 1 aliphatic heterocycles. The number of nitrogens with two attached hydrogens (primary N) is 1. The van der Waals surface area contributed by atoms with Crippen LogP contribution in [0.25, 0.3) is 10.1 Å². The molecule has 128 valence electrons. The molecule has 1 aromatic carbocycles. The minimum absolute atomic E-state index is 0.0309. The van der Waals surface area contributed by atoms with E-state index in [2.05, 4.69) is 10.3 Å². The number of rotatable bonds is 3. The lowest BCUT2D eigenvalue weighted by Gasteiger charge is -2.38. The maximum absolute atomic E-state index is 13.4. The standard InChI is InChI=1S/C16H14FN5O2S/c1-8-11-4-9(17)2-3-13(11)25-14(8)16(24)21-5-10(6-21)22-7-12(15(18)23)19-20-22/h2-4,7,10H,5-6H2,1H3,(H2,18,23). The quantitative estimate of drug-likeness (QED) is 0.771. The minimum atomic E-state index is -0.633. The number of hydrogen-bond acceptors (Lipinski definition) is 5. The van der Waals surface area contributed by atoms with Crippen molar-refractivity contribution in [1.29, 1.82) is 0 Å². The molecule has 3 heterocycles. The molecule has 0 unspecified atom stereocenters. The van der Waals surface area contributed by atoms with Crippen molar-refractivity contribution < 1.29 is 14.0 Å². The number of likely N-dealkylation sites (tertiary alicyclic amines) is 1. The van der Waals surface area contributed by atoms with Gasteiger partial charge in [0.1, 0.15) is 5.82 Å². The van der Waals surface area contributed by atoms with Crippen LogP contribution in [0.2, 0.25) is 0 Å². The number of aromatic nitrogens is 3. The Balaban J connectivity index is 1.51. The molecular weight excluding hydrogens is 345 g/mol. The lowest BCUT2D eigenvalue weighted by Crippen LogP contribution is -2.50. The van der Waals surface area contributed by atoms with Crippen molar-refractivity contribution in [2.45, 2.75) is 13.0 Å². The molecule has 1 saturated heterocycles. The summed E-state index contributed by atoms with van der Waals surface area (Å²) >= 11 is 1.37. The topological polar surface area (TPSA) is 94.1 Å². The molecule has 25 heavy (non-hydrogen) atoms. The van der Waals surface area contributed by atoms with Crippen LogP contribution in [0.5, 0.6) is 0 Å². The lowest BCUT2D eigenvalue weighted by molar-refractivity contribution is 0.0502. The first-order valence-corrected chi connectivity index (χ1v) is 8.45. The van der Waals surface area contributed by atoms with Gasteiger partial charge >= 0.3 is 0 Å². The van der Waals surface area contributed by atoms with Gasteiger partial charge in [0.05, 0.1) is 17.1 Å². The fourth-order valence-electron chi connectivity index (χ4n) is 2.90. The Hall–Kier alpha value is -2.81. The van der Waals surface area contributed by atoms with E-state index < -0.39 is 5.91 Å². The number of fused-ring (bicyclic) bond motifs is 1. The first kappa shape index (κ1) is 15.7. The third kappa shape index (κ3) is 2.56. The fraction of sp³-hybridized carbons (Fsp3) is 0.250. The average Bonchev–Trinajstić information content (AvgIpc) is 3.12. The normalized spacial score (nSPS) is 14.7. The highest BCUT2D eigenvalue weighted by Gasteiger charge is 2.35. The molecule has 0 atom stereocenters. The van der Waals surface area contributed by atoms with Crippen molar-refractivity contribution in [3.05, 3.63) is 46.3 Å². The second kappa shape index (κ2) is 5.62. The van der Waals surface area contributed by atoms with Gasteiger partial charge in [-0.1, -0.05) is 5.21 Å². The van der Waals surface area contributed by atoms with Gasteiger partial charge < -0.3 is 10.6 Å². The van der Waals surface area contributed by atoms with Gasteiger partial charge in [-0.05, 0) is 36.1 Å². The second-order valence-corrected chi connectivity index (χ2v) is 7.06. The molecule has 0 saturated carbocycles. The molecule has 2 N–H and O–H groups in total. The monoisotopic (exact) mass is 359 g/mol. The highest BCUT2D eigenvalue weighted by atomic mass is 32.1. The van der Waals surface area contributed by atoms with E-state index in [9.17, 15) is 14.0 Å². The molecule has 0 radical (unpaired) electrons. The number of thiophene rings is 1. The molecule has 1 fully saturated rings. The minimum Gasteiger partial charge on any atom is -0.364 e. The average molecular weight is 359 g/mol. The molecule has 2 amide bonds. The number of carbonyl (C=O) groups excluding carboxylic acids is 2. The maximum atomic E-state index is 13.4. The summed E-state index contributed by atoms with van der Waals surface area (Å²) in [5.74, 6) is -1.02.